The summed E-state index contributed by atoms with van der Waals surface area (Å²) in [6.07, 6.45) is 0. The Morgan fingerprint density at radius 3 is 2.26 bits per heavy atom. The second kappa shape index (κ2) is 5.98. The fourth-order valence-corrected chi connectivity index (χ4v) is 4.43. The van der Waals surface area contributed by atoms with Gasteiger partial charge in [-0.1, -0.05) is 0 Å². The summed E-state index contributed by atoms with van der Waals surface area (Å²) in [4.78, 5) is 4.59. The molecular formula is C16H21N3O3S. The number of amidine groups is 1. The highest BCUT2D eigenvalue weighted by Crippen LogP contribution is 2.34. The molecule has 1 saturated heterocycles. The van der Waals surface area contributed by atoms with Crippen molar-refractivity contribution in [2.45, 2.75) is 6.92 Å². The zero-order chi connectivity index (χ0) is 16.6. The van der Waals surface area contributed by atoms with Crippen LogP contribution in [0.25, 0.3) is 4.91 Å². The summed E-state index contributed by atoms with van der Waals surface area (Å²) in [6.45, 7) is 5.23. The molecule has 23 heavy (non-hydrogen) atoms. The smallest absolute Gasteiger partial charge is 0.285 e. The Bertz CT molecular complexity index is 758. The monoisotopic (exact) mass is 335 g/mol. The van der Waals surface area contributed by atoms with Crippen molar-refractivity contribution >= 4 is 20.8 Å². The maximum absolute atomic E-state index is 12.5. The molecule has 124 valence electrons. The van der Waals surface area contributed by atoms with E-state index in [0.717, 1.165) is 31.8 Å². The summed E-state index contributed by atoms with van der Waals surface area (Å²) in [6, 6.07) is 7.05. The van der Waals surface area contributed by atoms with Gasteiger partial charge in [0, 0.05) is 31.8 Å². The Morgan fingerprint density at radius 1 is 1.09 bits per heavy atom. The number of hydrogen-bond donors (Lipinski definition) is 0. The zero-order valence-corrected chi connectivity index (χ0v) is 14.4. The van der Waals surface area contributed by atoms with Crippen LogP contribution in [0.15, 0.2) is 34.2 Å². The lowest BCUT2D eigenvalue weighted by atomic mass is 10.1. The summed E-state index contributed by atoms with van der Waals surface area (Å²) in [5.74, 6) is 1.28. The fourth-order valence-electron chi connectivity index (χ4n) is 2.94. The highest BCUT2D eigenvalue weighted by Gasteiger charge is 2.34. The minimum absolute atomic E-state index is 0.300. The number of rotatable bonds is 2. The lowest BCUT2D eigenvalue weighted by Gasteiger charge is -2.33. The van der Waals surface area contributed by atoms with Gasteiger partial charge in [0.25, 0.3) is 10.0 Å². The Kier molecular flexibility index (Phi) is 4.16. The van der Waals surface area contributed by atoms with Crippen molar-refractivity contribution in [1.29, 1.82) is 0 Å². The van der Waals surface area contributed by atoms with Gasteiger partial charge in [0.15, 0.2) is 0 Å². The molecular weight excluding hydrogens is 314 g/mol. The molecule has 1 fully saturated rings. The molecule has 6 nitrogen and oxygen atoms in total. The van der Waals surface area contributed by atoms with E-state index in [0.29, 0.717) is 22.1 Å². The van der Waals surface area contributed by atoms with Gasteiger partial charge in [0.05, 0.1) is 7.11 Å². The summed E-state index contributed by atoms with van der Waals surface area (Å²) in [7, 11) is -0.000171. The van der Waals surface area contributed by atoms with E-state index in [-0.39, 0.29) is 0 Å². The quantitative estimate of drug-likeness (QED) is 0.818. The van der Waals surface area contributed by atoms with Crippen LogP contribution in [0.3, 0.4) is 0 Å². The molecule has 0 saturated carbocycles. The molecule has 0 aliphatic carbocycles. The maximum Gasteiger partial charge on any atom is 0.285 e. The molecule has 7 heteroatoms. The van der Waals surface area contributed by atoms with Crippen LogP contribution >= 0.6 is 0 Å². The predicted octanol–water partition coefficient (Wildman–Crippen LogP) is 1.42. The SMILES string of the molecule is COc1ccc(C2=C(C)C(N3CCN(C)CC3)=NS2(=O)=O)cc1. The van der Waals surface area contributed by atoms with Crippen LogP contribution in [0.5, 0.6) is 5.75 Å². The molecule has 0 spiro atoms. The second-order valence-corrected chi connectivity index (χ2v) is 7.40. The average Bonchev–Trinajstić information content (AvgIpc) is 2.78. The Labute approximate surface area is 137 Å². The number of benzene rings is 1. The number of nitrogens with zero attached hydrogens (tertiary/aromatic N) is 3. The Hall–Kier alpha value is -1.86. The molecule has 0 atom stereocenters. The van der Waals surface area contributed by atoms with E-state index >= 15 is 0 Å². The first-order valence-electron chi connectivity index (χ1n) is 7.56. The van der Waals surface area contributed by atoms with Gasteiger partial charge in [-0.15, -0.1) is 4.40 Å². The minimum Gasteiger partial charge on any atom is -0.497 e. The van der Waals surface area contributed by atoms with Crippen LogP contribution in [0.1, 0.15) is 12.5 Å². The highest BCUT2D eigenvalue weighted by atomic mass is 32.2. The topological polar surface area (TPSA) is 62.2 Å². The highest BCUT2D eigenvalue weighted by molar-refractivity contribution is 8.00. The van der Waals surface area contributed by atoms with Crippen LogP contribution in [0.4, 0.5) is 0 Å². The van der Waals surface area contributed by atoms with Gasteiger partial charge in [-0.3, -0.25) is 0 Å². The number of ether oxygens (including phenoxy) is 1. The molecule has 0 N–H and O–H groups in total. The molecule has 0 unspecified atom stereocenters. The van der Waals surface area contributed by atoms with Gasteiger partial charge in [-0.05, 0) is 43.8 Å². The van der Waals surface area contributed by atoms with Crippen LogP contribution < -0.4 is 4.74 Å². The Morgan fingerprint density at radius 2 is 1.70 bits per heavy atom. The first-order valence-corrected chi connectivity index (χ1v) is 9.00. The first-order chi connectivity index (χ1) is 10.9. The number of methoxy groups -OCH3 is 1. The van der Waals surface area contributed by atoms with Crippen molar-refractivity contribution < 1.29 is 13.2 Å². The van der Waals surface area contributed by atoms with Crippen molar-refractivity contribution in [3.63, 3.8) is 0 Å². The van der Waals surface area contributed by atoms with Gasteiger partial charge in [0.2, 0.25) is 0 Å². The predicted molar refractivity (Wildman–Crippen MR) is 91.0 cm³/mol. The lowest BCUT2D eigenvalue weighted by molar-refractivity contribution is 0.216. The molecule has 1 aromatic carbocycles. The van der Waals surface area contributed by atoms with Crippen molar-refractivity contribution in [1.82, 2.24) is 9.80 Å². The van der Waals surface area contributed by atoms with E-state index in [1.54, 1.807) is 31.4 Å². The summed E-state index contributed by atoms with van der Waals surface area (Å²) in [5, 5.41) is 0. The van der Waals surface area contributed by atoms with Crippen LogP contribution in [-0.2, 0) is 10.0 Å². The Balaban J connectivity index is 1.96. The summed E-state index contributed by atoms with van der Waals surface area (Å²) in [5.41, 5.74) is 1.37. The molecule has 2 aliphatic rings. The molecule has 0 aromatic heterocycles. The third-order valence-corrected chi connectivity index (χ3v) is 5.77. The number of hydrogen-bond acceptors (Lipinski definition) is 5. The molecule has 1 aromatic rings. The van der Waals surface area contributed by atoms with Gasteiger partial charge < -0.3 is 14.5 Å². The van der Waals surface area contributed by atoms with E-state index < -0.39 is 10.0 Å². The minimum atomic E-state index is -3.65. The third kappa shape index (κ3) is 2.98. The van der Waals surface area contributed by atoms with Gasteiger partial charge >= 0.3 is 0 Å². The molecule has 3 rings (SSSR count). The van der Waals surface area contributed by atoms with Crippen LogP contribution in [-0.4, -0.2) is 64.4 Å². The second-order valence-electron chi connectivity index (χ2n) is 5.86. The molecule has 0 bridgehead atoms. The lowest BCUT2D eigenvalue weighted by Crippen LogP contribution is -2.47. The van der Waals surface area contributed by atoms with Crippen LogP contribution in [0, 0.1) is 0 Å². The van der Waals surface area contributed by atoms with Crippen molar-refractivity contribution in [3.8, 4) is 5.75 Å². The van der Waals surface area contributed by atoms with E-state index in [2.05, 4.69) is 21.2 Å². The van der Waals surface area contributed by atoms with E-state index in [1.165, 1.54) is 0 Å². The van der Waals surface area contributed by atoms with Crippen molar-refractivity contribution in [2.24, 2.45) is 4.40 Å². The molecule has 0 radical (unpaired) electrons. The average molecular weight is 335 g/mol. The van der Waals surface area contributed by atoms with E-state index in [9.17, 15) is 8.42 Å². The molecule has 2 heterocycles. The third-order valence-electron chi connectivity index (χ3n) is 4.30. The van der Waals surface area contributed by atoms with Gasteiger partial charge in [-0.25, -0.2) is 0 Å². The van der Waals surface area contributed by atoms with Crippen molar-refractivity contribution in [3.05, 3.63) is 35.4 Å². The largest absolute Gasteiger partial charge is 0.497 e. The summed E-state index contributed by atoms with van der Waals surface area (Å²) < 4.78 is 34.2. The van der Waals surface area contributed by atoms with Gasteiger partial charge in [0.1, 0.15) is 16.5 Å². The van der Waals surface area contributed by atoms with E-state index in [1.807, 2.05) is 6.92 Å². The number of sulfonamides is 1. The van der Waals surface area contributed by atoms with E-state index in [4.69, 9.17) is 4.74 Å². The number of piperazine rings is 1. The normalized spacial score (nSPS) is 21.5. The number of likely N-dealkylation sites (N-methyl/N-ethyl adjacent to an activating group) is 1. The fraction of sp³-hybridized carbons (Fsp3) is 0.438. The standard InChI is InChI=1S/C16H21N3O3S/c1-12-15(13-4-6-14(22-3)7-5-13)23(20,21)17-16(12)19-10-8-18(2)9-11-19/h4-7H,8-11H2,1-3H3. The molecule has 2 aliphatic heterocycles. The first kappa shape index (κ1) is 16.0. The van der Waals surface area contributed by atoms with Crippen LogP contribution in [0.2, 0.25) is 0 Å². The van der Waals surface area contributed by atoms with Gasteiger partial charge in [-0.2, -0.15) is 8.42 Å². The maximum atomic E-state index is 12.5. The summed E-state index contributed by atoms with van der Waals surface area (Å²) >= 11 is 0. The molecule has 0 amide bonds. The zero-order valence-electron chi connectivity index (χ0n) is 13.6. The van der Waals surface area contributed by atoms with Crippen molar-refractivity contribution in [2.75, 3.05) is 40.3 Å².